The van der Waals surface area contributed by atoms with Gasteiger partial charge in [0.2, 0.25) is 0 Å². The van der Waals surface area contributed by atoms with Gasteiger partial charge in [0.25, 0.3) is 0 Å². The lowest BCUT2D eigenvalue weighted by atomic mass is 9.84. The number of benzene rings is 8. The van der Waals surface area contributed by atoms with Crippen LogP contribution in [-0.2, 0) is 0 Å². The van der Waals surface area contributed by atoms with Crippen molar-refractivity contribution >= 4 is 54.3 Å². The number of hydrogen-bond acceptors (Lipinski definition) is 1. The first-order chi connectivity index (χ1) is 28.8. The summed E-state index contributed by atoms with van der Waals surface area (Å²) in [7, 11) is 0. The van der Waals surface area contributed by atoms with Crippen molar-refractivity contribution in [1.29, 1.82) is 0 Å². The van der Waals surface area contributed by atoms with Crippen LogP contribution in [0.1, 0.15) is 24.7 Å². The zero-order valence-corrected chi connectivity index (χ0v) is 22.0. The number of furan rings is 1. The predicted octanol–water partition coefficient (Wildman–Crippen LogP) is 12.0. The van der Waals surface area contributed by atoms with Gasteiger partial charge in [-0.1, -0.05) is 139 Å². The van der Waals surface area contributed by atoms with E-state index in [-0.39, 0.29) is 55.0 Å². The Bertz CT molecular complexity index is 3400. The summed E-state index contributed by atoms with van der Waals surface area (Å²) < 4.78 is 164. The molecule has 0 aliphatic heterocycles. The van der Waals surface area contributed by atoms with Gasteiger partial charge >= 0.3 is 0 Å². The Labute approximate surface area is 274 Å². The smallest absolute Gasteiger partial charge is 0.136 e. The molecule has 1 heteroatoms. The average Bonchev–Trinajstić information content (AvgIpc) is 3.66. The van der Waals surface area contributed by atoms with Gasteiger partial charge in [-0.2, -0.15) is 0 Å². The molecule has 9 aromatic rings. The highest BCUT2D eigenvalue weighted by molar-refractivity contribution is 6.26. The second-order valence-electron chi connectivity index (χ2n) is 9.85. The van der Waals surface area contributed by atoms with Gasteiger partial charge in [-0.05, 0) is 83.8 Å². The fourth-order valence-electron chi connectivity index (χ4n) is 5.71. The van der Waals surface area contributed by atoms with E-state index in [2.05, 4.69) is 0 Å². The van der Waals surface area contributed by atoms with Gasteiger partial charge in [0.1, 0.15) is 11.2 Å². The highest BCUT2D eigenvalue weighted by atomic mass is 16.3. The highest BCUT2D eigenvalue weighted by Gasteiger charge is 2.20. The lowest BCUT2D eigenvalue weighted by Gasteiger charge is -2.18. The molecule has 43 heavy (non-hydrogen) atoms. The molecule has 8 aromatic carbocycles. The first-order valence-electron chi connectivity index (χ1n) is 22.3. The van der Waals surface area contributed by atoms with Crippen LogP contribution in [0.4, 0.5) is 0 Å². The molecule has 0 spiro atoms. The van der Waals surface area contributed by atoms with Crippen LogP contribution in [0.5, 0.6) is 0 Å². The van der Waals surface area contributed by atoms with Crippen molar-refractivity contribution in [3.8, 4) is 33.4 Å². The summed E-state index contributed by atoms with van der Waals surface area (Å²) >= 11 is 0. The van der Waals surface area contributed by atoms with Gasteiger partial charge in [0.15, 0.2) is 0 Å². The van der Waals surface area contributed by atoms with Crippen LogP contribution < -0.4 is 0 Å². The highest BCUT2D eigenvalue weighted by Crippen LogP contribution is 2.47. The van der Waals surface area contributed by atoms with E-state index < -0.39 is 120 Å². The van der Waals surface area contributed by atoms with Crippen molar-refractivity contribution < 1.29 is 29.1 Å². The number of hydrogen-bond donors (Lipinski definition) is 0. The van der Waals surface area contributed by atoms with Crippen LogP contribution in [0.2, 0.25) is 0 Å². The Hall–Kier alpha value is -5.66. The second kappa shape index (κ2) is 9.44. The normalized spacial score (nSPS) is 17.6. The van der Waals surface area contributed by atoms with Crippen molar-refractivity contribution in [2.24, 2.45) is 0 Å². The third-order valence-corrected chi connectivity index (χ3v) is 7.50. The average molecular weight is 565 g/mol. The molecule has 1 aromatic heterocycles. The van der Waals surface area contributed by atoms with Gasteiger partial charge in [-0.25, -0.2) is 0 Å². The fraction of sp³-hybridized carbons (Fsp3) is 0. The SMILES string of the molecule is [2H]c1c([2H])c([2H])c(-c2c([2H])c([2H])c(-c3c4ccccc4c(-c4c([2H])c([2H])c([2H])c5oc6c([2H])c7c([2H])c([2H])c([2H])c([2H])c7c([2H])c6c45)c4ccccc34)c([2H])c2[2H])c([2H])c1[2H]. The van der Waals surface area contributed by atoms with E-state index in [1.165, 1.54) is 0 Å². The molecule has 200 valence electrons. The van der Waals surface area contributed by atoms with Gasteiger partial charge in [-0.3, -0.25) is 0 Å². The summed E-state index contributed by atoms with van der Waals surface area (Å²) in [5, 5.41) is 0.742. The van der Waals surface area contributed by atoms with E-state index in [1.54, 1.807) is 48.5 Å². The van der Waals surface area contributed by atoms with Crippen molar-refractivity contribution in [3.05, 3.63) is 157 Å². The van der Waals surface area contributed by atoms with E-state index in [9.17, 15) is 5.48 Å². The Kier molecular flexibility index (Phi) is 2.70. The van der Waals surface area contributed by atoms with E-state index >= 15 is 0 Å². The molecule has 0 aliphatic carbocycles. The van der Waals surface area contributed by atoms with Crippen LogP contribution in [0.25, 0.3) is 87.6 Å². The zero-order valence-electron chi connectivity index (χ0n) is 40.0. The van der Waals surface area contributed by atoms with Crippen molar-refractivity contribution in [3.63, 3.8) is 0 Å². The fourth-order valence-corrected chi connectivity index (χ4v) is 5.71. The summed E-state index contributed by atoms with van der Waals surface area (Å²) in [6.07, 6.45) is 0. The lowest BCUT2D eigenvalue weighted by Crippen LogP contribution is -1.91. The molecule has 0 radical (unpaired) electrons. The van der Waals surface area contributed by atoms with Crippen molar-refractivity contribution in [2.45, 2.75) is 0 Å². The lowest BCUT2D eigenvalue weighted by molar-refractivity contribution is 0.669. The van der Waals surface area contributed by atoms with E-state index in [0.717, 1.165) is 0 Å². The molecular formula is C42H26O. The second-order valence-corrected chi connectivity index (χ2v) is 9.85. The largest absolute Gasteiger partial charge is 0.456 e. The number of fused-ring (bicyclic) bond motifs is 6. The molecule has 9 rings (SSSR count). The molecule has 0 atom stereocenters. The number of rotatable bonds is 3. The summed E-state index contributed by atoms with van der Waals surface area (Å²) in [4.78, 5) is 0. The quantitative estimate of drug-likeness (QED) is 0.195. The molecule has 0 unspecified atom stereocenters. The molecule has 0 aliphatic rings. The van der Waals surface area contributed by atoms with E-state index in [1.807, 2.05) is 0 Å². The van der Waals surface area contributed by atoms with Crippen LogP contribution in [0, 0.1) is 0 Å². The maximum atomic E-state index is 9.41. The molecule has 0 bridgehead atoms. The molecule has 0 fully saturated rings. The Balaban J connectivity index is 1.46. The van der Waals surface area contributed by atoms with Gasteiger partial charge < -0.3 is 4.42 Å². The Morgan fingerprint density at radius 2 is 0.977 bits per heavy atom. The van der Waals surface area contributed by atoms with Crippen LogP contribution >= 0.6 is 0 Å². The minimum atomic E-state index is -0.707. The van der Waals surface area contributed by atoms with Crippen molar-refractivity contribution in [2.75, 3.05) is 0 Å². The summed E-state index contributed by atoms with van der Waals surface area (Å²) in [6, 6.07) is 2.56. The molecule has 1 heterocycles. The summed E-state index contributed by atoms with van der Waals surface area (Å²) in [5.74, 6) is 0. The Morgan fingerprint density at radius 3 is 1.65 bits per heavy atom. The minimum Gasteiger partial charge on any atom is -0.456 e. The zero-order chi connectivity index (χ0) is 44.0. The maximum absolute atomic E-state index is 9.41. The third-order valence-electron chi connectivity index (χ3n) is 7.50. The molecule has 0 amide bonds. The maximum Gasteiger partial charge on any atom is 0.136 e. The summed E-state index contributed by atoms with van der Waals surface area (Å²) in [6.45, 7) is 0. The Morgan fingerprint density at radius 1 is 0.419 bits per heavy atom. The summed E-state index contributed by atoms with van der Waals surface area (Å²) in [5.41, 5.74) is -1.19. The molecule has 0 saturated carbocycles. The molecule has 0 saturated heterocycles. The van der Waals surface area contributed by atoms with E-state index in [4.69, 9.17) is 23.6 Å². The first kappa shape index (κ1) is 12.3. The van der Waals surface area contributed by atoms with Crippen LogP contribution in [-0.4, -0.2) is 0 Å². The van der Waals surface area contributed by atoms with Crippen molar-refractivity contribution in [1.82, 2.24) is 0 Å². The van der Waals surface area contributed by atoms with Crippen LogP contribution in [0.15, 0.2) is 162 Å². The predicted molar refractivity (Wildman–Crippen MR) is 183 cm³/mol. The first-order valence-corrected chi connectivity index (χ1v) is 13.3. The van der Waals surface area contributed by atoms with Gasteiger partial charge in [-0.15, -0.1) is 0 Å². The topological polar surface area (TPSA) is 13.1 Å². The van der Waals surface area contributed by atoms with Gasteiger partial charge in [0.05, 0.1) is 24.7 Å². The van der Waals surface area contributed by atoms with Gasteiger partial charge in [0, 0.05) is 10.8 Å². The third kappa shape index (κ3) is 3.72. The van der Waals surface area contributed by atoms with Crippen LogP contribution in [0.3, 0.4) is 0 Å². The standard InChI is InChI=1S/C42H26O/c1-2-11-27(12-3-1)28-21-23-29(24-22-28)40-32-15-6-8-17-34(32)41(35-18-9-7-16-33(35)40)36-19-10-20-38-42(36)37-25-30-13-4-5-14-31(30)26-39(37)43-38/h1-26H/i1D,2D,3D,4D,5D,10D,11D,12D,13D,14D,19D,20D,21D,22D,23D,24D,25D,26D. The molecule has 1 nitrogen and oxygen atoms in total. The minimum absolute atomic E-state index is 0.00197. The van der Waals surface area contributed by atoms with E-state index in [0.29, 0.717) is 21.5 Å². The molecular weight excluding hydrogens is 520 g/mol. The molecule has 0 N–H and O–H groups in total. The monoisotopic (exact) mass is 564 g/mol.